The molecule has 5 nitrogen and oxygen atoms in total. The first-order valence-electron chi connectivity index (χ1n) is 8.94. The SMILES string of the molecule is COc1cccc(CCCN(C)C)c1OCCN1CCN(C)CC1. The van der Waals surface area contributed by atoms with E-state index in [2.05, 4.69) is 48.0 Å². The topological polar surface area (TPSA) is 28.2 Å². The molecule has 0 atom stereocenters. The zero-order chi connectivity index (χ0) is 17.4. The van der Waals surface area contributed by atoms with Crippen molar-refractivity contribution in [2.24, 2.45) is 0 Å². The zero-order valence-electron chi connectivity index (χ0n) is 15.8. The van der Waals surface area contributed by atoms with Crippen molar-refractivity contribution >= 4 is 0 Å². The zero-order valence-corrected chi connectivity index (χ0v) is 15.8. The van der Waals surface area contributed by atoms with Gasteiger partial charge in [0.25, 0.3) is 0 Å². The standard InChI is InChI=1S/C19H33N3O2/c1-20(2)10-6-8-17-7-5-9-18(23-4)19(17)24-16-15-22-13-11-21(3)12-14-22/h5,7,9H,6,8,10-16H2,1-4H3. The van der Waals surface area contributed by atoms with Gasteiger partial charge in [-0.15, -0.1) is 0 Å². The van der Waals surface area contributed by atoms with E-state index >= 15 is 0 Å². The molecule has 0 N–H and O–H groups in total. The molecule has 0 saturated carbocycles. The van der Waals surface area contributed by atoms with E-state index in [1.807, 2.05) is 6.07 Å². The molecule has 1 aliphatic heterocycles. The van der Waals surface area contributed by atoms with Crippen LogP contribution in [-0.4, -0.2) is 88.8 Å². The van der Waals surface area contributed by atoms with Gasteiger partial charge in [-0.05, 0) is 52.2 Å². The van der Waals surface area contributed by atoms with Gasteiger partial charge in [-0.3, -0.25) is 4.90 Å². The van der Waals surface area contributed by atoms with Crippen LogP contribution in [0.5, 0.6) is 11.5 Å². The fourth-order valence-corrected chi connectivity index (χ4v) is 3.02. The first-order valence-corrected chi connectivity index (χ1v) is 8.94. The maximum absolute atomic E-state index is 6.15. The Kier molecular flexibility index (Phi) is 7.82. The maximum Gasteiger partial charge on any atom is 0.164 e. The summed E-state index contributed by atoms with van der Waals surface area (Å²) in [6, 6.07) is 6.20. The molecule has 0 aromatic heterocycles. The van der Waals surface area contributed by atoms with Crippen LogP contribution in [0.3, 0.4) is 0 Å². The number of piperazine rings is 1. The third-order valence-corrected chi connectivity index (χ3v) is 4.58. The molecular formula is C19H33N3O2. The molecule has 2 rings (SSSR count). The number of ether oxygens (including phenoxy) is 2. The minimum atomic E-state index is 0.713. The summed E-state index contributed by atoms with van der Waals surface area (Å²) in [5.41, 5.74) is 1.24. The fraction of sp³-hybridized carbons (Fsp3) is 0.684. The smallest absolute Gasteiger partial charge is 0.164 e. The first-order chi connectivity index (χ1) is 11.6. The molecule has 1 aromatic rings. The summed E-state index contributed by atoms with van der Waals surface area (Å²) < 4.78 is 11.7. The summed E-state index contributed by atoms with van der Waals surface area (Å²) in [6.45, 7) is 7.31. The Labute approximate surface area is 147 Å². The molecule has 0 spiro atoms. The van der Waals surface area contributed by atoms with Gasteiger partial charge in [-0.25, -0.2) is 0 Å². The summed E-state index contributed by atoms with van der Waals surface area (Å²) in [6.07, 6.45) is 2.13. The monoisotopic (exact) mass is 335 g/mol. The lowest BCUT2D eigenvalue weighted by atomic mass is 10.1. The van der Waals surface area contributed by atoms with Crippen molar-refractivity contribution in [1.82, 2.24) is 14.7 Å². The van der Waals surface area contributed by atoms with E-state index in [0.29, 0.717) is 6.61 Å². The number of hydrogen-bond acceptors (Lipinski definition) is 5. The van der Waals surface area contributed by atoms with E-state index in [-0.39, 0.29) is 0 Å². The molecule has 0 radical (unpaired) electrons. The number of nitrogens with zero attached hydrogens (tertiary/aromatic N) is 3. The molecule has 0 amide bonds. The average molecular weight is 335 g/mol. The lowest BCUT2D eigenvalue weighted by molar-refractivity contribution is 0.132. The Balaban J connectivity index is 1.89. The van der Waals surface area contributed by atoms with Gasteiger partial charge in [0.15, 0.2) is 11.5 Å². The van der Waals surface area contributed by atoms with Crippen LogP contribution in [0.4, 0.5) is 0 Å². The molecule has 1 aromatic carbocycles. The van der Waals surface area contributed by atoms with Gasteiger partial charge >= 0.3 is 0 Å². The van der Waals surface area contributed by atoms with Crippen LogP contribution in [0.1, 0.15) is 12.0 Å². The van der Waals surface area contributed by atoms with Crippen LogP contribution in [-0.2, 0) is 6.42 Å². The second-order valence-electron chi connectivity index (χ2n) is 6.85. The number of para-hydroxylation sites is 1. The van der Waals surface area contributed by atoms with Crippen molar-refractivity contribution in [1.29, 1.82) is 0 Å². The quantitative estimate of drug-likeness (QED) is 0.686. The Morgan fingerprint density at radius 3 is 2.54 bits per heavy atom. The number of hydrogen-bond donors (Lipinski definition) is 0. The summed E-state index contributed by atoms with van der Waals surface area (Å²) in [7, 11) is 8.12. The maximum atomic E-state index is 6.15. The van der Waals surface area contributed by atoms with Gasteiger partial charge in [-0.2, -0.15) is 0 Å². The Morgan fingerprint density at radius 2 is 1.88 bits per heavy atom. The predicted molar refractivity (Wildman–Crippen MR) is 99.3 cm³/mol. The van der Waals surface area contributed by atoms with Crippen molar-refractivity contribution in [3.63, 3.8) is 0 Å². The number of methoxy groups -OCH3 is 1. The highest BCUT2D eigenvalue weighted by atomic mass is 16.5. The highest BCUT2D eigenvalue weighted by Gasteiger charge is 2.15. The summed E-state index contributed by atoms with van der Waals surface area (Å²) in [4.78, 5) is 7.07. The number of benzene rings is 1. The van der Waals surface area contributed by atoms with Crippen LogP contribution in [0, 0.1) is 0 Å². The van der Waals surface area contributed by atoms with Crippen molar-refractivity contribution in [3.05, 3.63) is 23.8 Å². The van der Waals surface area contributed by atoms with E-state index in [0.717, 1.165) is 63.6 Å². The third kappa shape index (κ3) is 5.96. The molecule has 136 valence electrons. The summed E-state index contributed by atoms with van der Waals surface area (Å²) >= 11 is 0. The van der Waals surface area contributed by atoms with Crippen molar-refractivity contribution in [2.75, 3.05) is 74.1 Å². The molecule has 1 aliphatic rings. The first kappa shape index (κ1) is 19.0. The Hall–Kier alpha value is -1.30. The molecule has 5 heteroatoms. The van der Waals surface area contributed by atoms with E-state index < -0.39 is 0 Å². The second kappa shape index (κ2) is 9.87. The van der Waals surface area contributed by atoms with E-state index in [1.165, 1.54) is 5.56 Å². The van der Waals surface area contributed by atoms with Crippen molar-refractivity contribution in [3.8, 4) is 11.5 Å². The molecule has 0 unspecified atom stereocenters. The van der Waals surface area contributed by atoms with Crippen LogP contribution < -0.4 is 9.47 Å². The average Bonchev–Trinajstić information content (AvgIpc) is 2.57. The lowest BCUT2D eigenvalue weighted by Gasteiger charge is -2.32. The van der Waals surface area contributed by atoms with Gasteiger partial charge in [0, 0.05) is 32.7 Å². The minimum absolute atomic E-state index is 0.713. The molecule has 0 aliphatic carbocycles. The molecule has 1 saturated heterocycles. The number of aryl methyl sites for hydroxylation is 1. The molecule has 1 fully saturated rings. The van der Waals surface area contributed by atoms with Crippen LogP contribution in [0.15, 0.2) is 18.2 Å². The Morgan fingerprint density at radius 1 is 1.12 bits per heavy atom. The van der Waals surface area contributed by atoms with E-state index in [4.69, 9.17) is 9.47 Å². The second-order valence-corrected chi connectivity index (χ2v) is 6.85. The van der Waals surface area contributed by atoms with Gasteiger partial charge in [0.1, 0.15) is 6.61 Å². The number of likely N-dealkylation sites (N-methyl/N-ethyl adjacent to an activating group) is 1. The van der Waals surface area contributed by atoms with Crippen molar-refractivity contribution in [2.45, 2.75) is 12.8 Å². The molecule has 0 bridgehead atoms. The van der Waals surface area contributed by atoms with Crippen molar-refractivity contribution < 1.29 is 9.47 Å². The van der Waals surface area contributed by atoms with Crippen LogP contribution in [0.25, 0.3) is 0 Å². The molecular weight excluding hydrogens is 302 g/mol. The van der Waals surface area contributed by atoms with Gasteiger partial charge in [0.05, 0.1) is 7.11 Å². The third-order valence-electron chi connectivity index (χ3n) is 4.58. The largest absolute Gasteiger partial charge is 0.493 e. The highest BCUT2D eigenvalue weighted by Crippen LogP contribution is 2.32. The lowest BCUT2D eigenvalue weighted by Crippen LogP contribution is -2.45. The summed E-state index contributed by atoms with van der Waals surface area (Å²) in [5, 5.41) is 0. The van der Waals surface area contributed by atoms with Gasteiger partial charge < -0.3 is 19.3 Å². The Bertz CT molecular complexity index is 486. The molecule has 24 heavy (non-hydrogen) atoms. The normalized spacial score (nSPS) is 16.5. The van der Waals surface area contributed by atoms with Gasteiger partial charge in [0.2, 0.25) is 0 Å². The minimum Gasteiger partial charge on any atom is -0.493 e. The van der Waals surface area contributed by atoms with E-state index in [1.54, 1.807) is 7.11 Å². The predicted octanol–water partition coefficient (Wildman–Crippen LogP) is 1.82. The summed E-state index contributed by atoms with van der Waals surface area (Å²) in [5.74, 6) is 1.77. The molecule has 1 heterocycles. The fourth-order valence-electron chi connectivity index (χ4n) is 3.02. The van der Waals surface area contributed by atoms with Crippen LogP contribution in [0.2, 0.25) is 0 Å². The van der Waals surface area contributed by atoms with Crippen LogP contribution >= 0.6 is 0 Å². The van der Waals surface area contributed by atoms with E-state index in [9.17, 15) is 0 Å². The highest BCUT2D eigenvalue weighted by molar-refractivity contribution is 5.46. The van der Waals surface area contributed by atoms with Gasteiger partial charge in [-0.1, -0.05) is 12.1 Å². The number of rotatable bonds is 9.